The molecular formula is C11H18F3N3. The minimum absolute atomic E-state index is 0.0262. The number of alkyl halides is 3. The number of rotatable bonds is 5. The van der Waals surface area contributed by atoms with E-state index in [-0.39, 0.29) is 18.5 Å². The van der Waals surface area contributed by atoms with Crippen LogP contribution in [-0.4, -0.2) is 23.0 Å². The van der Waals surface area contributed by atoms with Crippen molar-refractivity contribution in [3.63, 3.8) is 0 Å². The quantitative estimate of drug-likeness (QED) is 0.869. The first-order valence-electron chi connectivity index (χ1n) is 5.62. The Balaban J connectivity index is 2.76. The second kappa shape index (κ2) is 5.53. The summed E-state index contributed by atoms with van der Waals surface area (Å²) in [6.07, 6.45) is -3.26. The number of halogens is 3. The van der Waals surface area contributed by atoms with E-state index in [1.807, 2.05) is 13.8 Å². The van der Waals surface area contributed by atoms with E-state index in [9.17, 15) is 13.2 Å². The van der Waals surface area contributed by atoms with E-state index in [0.29, 0.717) is 0 Å². The van der Waals surface area contributed by atoms with Gasteiger partial charge in [0.1, 0.15) is 0 Å². The van der Waals surface area contributed by atoms with Gasteiger partial charge < -0.3 is 5.32 Å². The van der Waals surface area contributed by atoms with Crippen LogP contribution in [0.3, 0.4) is 0 Å². The third kappa shape index (κ3) is 4.03. The van der Waals surface area contributed by atoms with Gasteiger partial charge >= 0.3 is 6.18 Å². The van der Waals surface area contributed by atoms with E-state index in [2.05, 4.69) is 10.4 Å². The highest BCUT2D eigenvalue weighted by Gasteiger charge is 2.29. The van der Waals surface area contributed by atoms with Crippen molar-refractivity contribution in [1.29, 1.82) is 0 Å². The van der Waals surface area contributed by atoms with Gasteiger partial charge in [-0.2, -0.15) is 18.3 Å². The summed E-state index contributed by atoms with van der Waals surface area (Å²) in [7, 11) is 1.67. The number of nitrogens with one attached hydrogen (secondary N) is 1. The van der Waals surface area contributed by atoms with Crippen LogP contribution in [0.25, 0.3) is 0 Å². The van der Waals surface area contributed by atoms with Crippen LogP contribution in [0.2, 0.25) is 0 Å². The van der Waals surface area contributed by atoms with Crippen molar-refractivity contribution in [1.82, 2.24) is 15.1 Å². The van der Waals surface area contributed by atoms with Crippen molar-refractivity contribution in [3.8, 4) is 0 Å². The highest BCUT2D eigenvalue weighted by Crippen LogP contribution is 2.28. The molecule has 0 aromatic carbocycles. The fraction of sp³-hybridized carbons (Fsp3) is 0.727. The lowest BCUT2D eigenvalue weighted by atomic mass is 10.1. The van der Waals surface area contributed by atoms with Gasteiger partial charge in [0.15, 0.2) is 0 Å². The van der Waals surface area contributed by atoms with E-state index in [1.165, 1.54) is 0 Å². The molecule has 17 heavy (non-hydrogen) atoms. The monoisotopic (exact) mass is 249 g/mol. The molecule has 0 bridgehead atoms. The third-order valence-electron chi connectivity index (χ3n) is 2.61. The Bertz CT molecular complexity index is 344. The summed E-state index contributed by atoms with van der Waals surface area (Å²) >= 11 is 0. The second-order valence-corrected chi connectivity index (χ2v) is 4.29. The number of aromatic nitrogens is 2. The van der Waals surface area contributed by atoms with Gasteiger partial charge in [-0.1, -0.05) is 0 Å². The molecule has 0 aliphatic carbocycles. The molecular weight excluding hydrogens is 231 g/mol. The van der Waals surface area contributed by atoms with Gasteiger partial charge in [-0.05, 0) is 33.4 Å². The van der Waals surface area contributed by atoms with Crippen molar-refractivity contribution in [2.24, 2.45) is 0 Å². The van der Waals surface area contributed by atoms with Crippen LogP contribution in [-0.2, 0) is 0 Å². The maximum Gasteiger partial charge on any atom is 0.389 e. The van der Waals surface area contributed by atoms with Gasteiger partial charge in [0.05, 0.1) is 5.69 Å². The Hall–Kier alpha value is -1.04. The molecule has 3 nitrogen and oxygen atoms in total. The fourth-order valence-corrected chi connectivity index (χ4v) is 1.78. The van der Waals surface area contributed by atoms with E-state index in [0.717, 1.165) is 5.69 Å². The predicted octanol–water partition coefficient (Wildman–Crippen LogP) is 3.07. The smallest absolute Gasteiger partial charge is 0.312 e. The molecule has 1 aromatic rings. The predicted molar refractivity (Wildman–Crippen MR) is 59.7 cm³/mol. The molecule has 1 N–H and O–H groups in total. The molecule has 1 aromatic heterocycles. The number of hydrogen-bond acceptors (Lipinski definition) is 2. The van der Waals surface area contributed by atoms with Crippen molar-refractivity contribution in [2.45, 2.75) is 44.9 Å². The standard InChI is InChI=1S/C11H18F3N3/c1-8(2)17-10(5-7-16-17)9(15-3)4-6-11(12,13)14/h5,7-9,15H,4,6H2,1-3H3. The summed E-state index contributed by atoms with van der Waals surface area (Å²) in [6.45, 7) is 3.90. The van der Waals surface area contributed by atoms with Gasteiger partial charge in [0, 0.05) is 24.7 Å². The first-order valence-corrected chi connectivity index (χ1v) is 5.62. The Kier molecular flexibility index (Phi) is 4.56. The summed E-state index contributed by atoms with van der Waals surface area (Å²) in [6, 6.07) is 1.58. The van der Waals surface area contributed by atoms with Crippen LogP contribution in [0.5, 0.6) is 0 Å². The summed E-state index contributed by atoms with van der Waals surface area (Å²) in [5.74, 6) is 0. The summed E-state index contributed by atoms with van der Waals surface area (Å²) in [5.41, 5.74) is 0.798. The Morgan fingerprint density at radius 3 is 2.53 bits per heavy atom. The molecule has 0 saturated heterocycles. The Morgan fingerprint density at radius 1 is 1.41 bits per heavy atom. The van der Waals surface area contributed by atoms with Crippen molar-refractivity contribution >= 4 is 0 Å². The average Bonchev–Trinajstić information content (AvgIpc) is 2.66. The van der Waals surface area contributed by atoms with Crippen molar-refractivity contribution in [3.05, 3.63) is 18.0 Å². The van der Waals surface area contributed by atoms with Crippen LogP contribution in [0.1, 0.15) is 44.5 Å². The lowest BCUT2D eigenvalue weighted by molar-refractivity contribution is -0.136. The first kappa shape index (κ1) is 14.0. The van der Waals surface area contributed by atoms with Crippen molar-refractivity contribution in [2.75, 3.05) is 7.05 Å². The van der Waals surface area contributed by atoms with Crippen LogP contribution in [0.15, 0.2) is 12.3 Å². The zero-order valence-corrected chi connectivity index (χ0v) is 10.3. The molecule has 0 amide bonds. The normalized spacial score (nSPS) is 14.3. The van der Waals surface area contributed by atoms with Gasteiger partial charge in [-0.3, -0.25) is 4.68 Å². The zero-order valence-electron chi connectivity index (χ0n) is 10.3. The second-order valence-electron chi connectivity index (χ2n) is 4.29. The number of hydrogen-bond donors (Lipinski definition) is 1. The highest BCUT2D eigenvalue weighted by molar-refractivity contribution is 5.07. The van der Waals surface area contributed by atoms with Crippen LogP contribution in [0.4, 0.5) is 13.2 Å². The van der Waals surface area contributed by atoms with E-state index < -0.39 is 12.6 Å². The third-order valence-corrected chi connectivity index (χ3v) is 2.61. The molecule has 1 unspecified atom stereocenters. The minimum Gasteiger partial charge on any atom is -0.312 e. The van der Waals surface area contributed by atoms with Gasteiger partial charge in [0.25, 0.3) is 0 Å². The summed E-state index contributed by atoms with van der Waals surface area (Å²) in [4.78, 5) is 0. The fourth-order valence-electron chi connectivity index (χ4n) is 1.78. The van der Waals surface area contributed by atoms with Gasteiger partial charge in [0.2, 0.25) is 0 Å². The van der Waals surface area contributed by atoms with Crippen molar-refractivity contribution < 1.29 is 13.2 Å². The summed E-state index contributed by atoms with van der Waals surface area (Å²) in [5, 5.41) is 7.04. The molecule has 6 heteroatoms. The number of nitrogens with zero attached hydrogens (tertiary/aromatic N) is 2. The molecule has 0 radical (unpaired) electrons. The largest absolute Gasteiger partial charge is 0.389 e. The first-order chi connectivity index (χ1) is 7.85. The topological polar surface area (TPSA) is 29.9 Å². The lowest BCUT2D eigenvalue weighted by Crippen LogP contribution is -2.23. The maximum atomic E-state index is 12.2. The Labute approximate surface area is 99.0 Å². The van der Waals surface area contributed by atoms with Gasteiger partial charge in [-0.15, -0.1) is 0 Å². The Morgan fingerprint density at radius 2 is 2.06 bits per heavy atom. The molecule has 0 spiro atoms. The molecule has 0 aliphatic heterocycles. The molecule has 1 heterocycles. The van der Waals surface area contributed by atoms with E-state index >= 15 is 0 Å². The molecule has 1 atom stereocenters. The van der Waals surface area contributed by atoms with Crippen LogP contribution < -0.4 is 5.32 Å². The molecule has 0 aliphatic rings. The SMILES string of the molecule is CNC(CCC(F)(F)F)c1ccnn1C(C)C. The maximum absolute atomic E-state index is 12.2. The zero-order chi connectivity index (χ0) is 13.1. The molecule has 0 fully saturated rings. The van der Waals surface area contributed by atoms with Crippen LogP contribution in [0, 0.1) is 0 Å². The molecule has 98 valence electrons. The van der Waals surface area contributed by atoms with Crippen LogP contribution >= 0.6 is 0 Å². The summed E-state index contributed by atoms with van der Waals surface area (Å²) < 4.78 is 38.4. The highest BCUT2D eigenvalue weighted by atomic mass is 19.4. The lowest BCUT2D eigenvalue weighted by Gasteiger charge is -2.20. The van der Waals surface area contributed by atoms with Gasteiger partial charge in [-0.25, -0.2) is 0 Å². The molecule has 0 saturated carbocycles. The minimum atomic E-state index is -4.11. The molecule has 1 rings (SSSR count). The van der Waals surface area contributed by atoms with E-state index in [1.54, 1.807) is 24.0 Å². The van der Waals surface area contributed by atoms with E-state index in [4.69, 9.17) is 0 Å². The average molecular weight is 249 g/mol.